The van der Waals surface area contributed by atoms with Gasteiger partial charge in [-0.05, 0) is 65.7 Å². The fourth-order valence-electron chi connectivity index (χ4n) is 2.90. The lowest BCUT2D eigenvalue weighted by molar-refractivity contribution is 0.633. The maximum atomic E-state index is 14.3. The maximum Gasteiger partial charge on any atom is 0.148 e. The number of fused-ring (bicyclic) bond motifs is 2. The number of nitrogens with two attached hydrogens (primary N) is 1. The Kier molecular flexibility index (Phi) is 3.21. The van der Waals surface area contributed by atoms with Gasteiger partial charge < -0.3 is 5.73 Å². The molecule has 0 spiro atoms. The summed E-state index contributed by atoms with van der Waals surface area (Å²) in [6.07, 6.45) is 5.31. The fourth-order valence-corrected chi connectivity index (χ4v) is 3.44. The lowest BCUT2D eigenvalue weighted by Gasteiger charge is -2.14. The molecule has 1 aliphatic rings. The molecule has 0 fully saturated rings. The lowest BCUT2D eigenvalue weighted by Crippen LogP contribution is -2.05. The number of nitrogens with zero attached hydrogens (tertiary/aromatic N) is 1. The first-order valence-corrected chi connectivity index (χ1v) is 7.44. The molecule has 0 saturated carbocycles. The molecule has 2 aromatic rings. The molecule has 2 N–H and O–H groups in total. The number of rotatable bonds is 0. The van der Waals surface area contributed by atoms with Crippen LogP contribution in [0.25, 0.3) is 10.9 Å². The lowest BCUT2D eigenvalue weighted by atomic mass is 10.0. The second kappa shape index (κ2) is 4.75. The van der Waals surface area contributed by atoms with Crippen molar-refractivity contribution in [3.63, 3.8) is 0 Å². The standard InChI is InChI=1S/C15H16BrFN2/c1-8-7-10(16)13(17)12-14(18)9-5-3-2-4-6-11(9)19-15(8)12/h7H,2-6H2,1H3,(H2,18,19). The van der Waals surface area contributed by atoms with Crippen LogP contribution in [-0.4, -0.2) is 4.98 Å². The van der Waals surface area contributed by atoms with Crippen LogP contribution in [0.1, 0.15) is 36.1 Å². The topological polar surface area (TPSA) is 38.9 Å². The SMILES string of the molecule is Cc1cc(Br)c(F)c2c(N)c3c(nc12)CCCCC3. The molecule has 1 aromatic heterocycles. The van der Waals surface area contributed by atoms with Crippen molar-refractivity contribution in [3.05, 3.63) is 33.2 Å². The normalized spacial score (nSPS) is 15.3. The van der Waals surface area contributed by atoms with Gasteiger partial charge in [0.05, 0.1) is 15.4 Å². The Morgan fingerprint density at radius 2 is 2.00 bits per heavy atom. The molecule has 0 unspecified atom stereocenters. The molecule has 3 rings (SSSR count). The summed E-state index contributed by atoms with van der Waals surface area (Å²) in [6, 6.07) is 1.77. The highest BCUT2D eigenvalue weighted by Crippen LogP contribution is 2.36. The van der Waals surface area contributed by atoms with Gasteiger partial charge in [-0.25, -0.2) is 4.39 Å². The van der Waals surface area contributed by atoms with E-state index in [1.807, 2.05) is 6.92 Å². The van der Waals surface area contributed by atoms with Crippen molar-refractivity contribution >= 4 is 32.5 Å². The van der Waals surface area contributed by atoms with E-state index in [0.717, 1.165) is 42.5 Å². The minimum Gasteiger partial charge on any atom is -0.398 e. The molecule has 0 amide bonds. The van der Waals surface area contributed by atoms with Crippen LogP contribution in [-0.2, 0) is 12.8 Å². The van der Waals surface area contributed by atoms with Crippen molar-refractivity contribution in [2.45, 2.75) is 39.0 Å². The average Bonchev–Trinajstić information content (AvgIpc) is 2.61. The van der Waals surface area contributed by atoms with Gasteiger partial charge in [0.15, 0.2) is 0 Å². The monoisotopic (exact) mass is 322 g/mol. The number of benzene rings is 1. The molecule has 1 aromatic carbocycles. The van der Waals surface area contributed by atoms with Crippen LogP contribution < -0.4 is 5.73 Å². The third-order valence-corrected chi connectivity index (χ3v) is 4.49. The summed E-state index contributed by atoms with van der Waals surface area (Å²) in [6.45, 7) is 1.95. The Bertz CT molecular complexity index is 667. The van der Waals surface area contributed by atoms with Crippen molar-refractivity contribution in [2.24, 2.45) is 0 Å². The molecular weight excluding hydrogens is 307 g/mol. The molecule has 0 atom stereocenters. The second-order valence-corrected chi connectivity index (χ2v) is 6.08. The quantitative estimate of drug-likeness (QED) is 0.734. The van der Waals surface area contributed by atoms with Gasteiger partial charge in [0, 0.05) is 11.4 Å². The van der Waals surface area contributed by atoms with Gasteiger partial charge in [-0.3, -0.25) is 4.98 Å². The van der Waals surface area contributed by atoms with Gasteiger partial charge in [-0.1, -0.05) is 6.42 Å². The zero-order valence-corrected chi connectivity index (χ0v) is 12.5. The first-order chi connectivity index (χ1) is 9.09. The van der Waals surface area contributed by atoms with E-state index in [-0.39, 0.29) is 5.82 Å². The number of nitrogen functional groups attached to an aromatic ring is 1. The van der Waals surface area contributed by atoms with Gasteiger partial charge in [0.1, 0.15) is 5.82 Å². The number of hydrogen-bond acceptors (Lipinski definition) is 2. The zero-order chi connectivity index (χ0) is 13.6. The number of anilines is 1. The zero-order valence-electron chi connectivity index (χ0n) is 10.9. The fraction of sp³-hybridized carbons (Fsp3) is 0.400. The van der Waals surface area contributed by atoms with Gasteiger partial charge in [0.25, 0.3) is 0 Å². The van der Waals surface area contributed by atoms with Gasteiger partial charge >= 0.3 is 0 Å². The number of aryl methyl sites for hydroxylation is 2. The molecule has 100 valence electrons. The second-order valence-electron chi connectivity index (χ2n) is 5.22. The molecular formula is C15H16BrFN2. The third-order valence-electron chi connectivity index (χ3n) is 3.91. The van der Waals surface area contributed by atoms with E-state index in [4.69, 9.17) is 10.7 Å². The van der Waals surface area contributed by atoms with Crippen molar-refractivity contribution in [1.82, 2.24) is 4.98 Å². The van der Waals surface area contributed by atoms with Crippen LogP contribution in [0.3, 0.4) is 0 Å². The Labute approximate surface area is 120 Å². The van der Waals surface area contributed by atoms with E-state index in [9.17, 15) is 4.39 Å². The number of aromatic nitrogens is 1. The third kappa shape index (κ3) is 2.02. The molecule has 0 saturated heterocycles. The minimum atomic E-state index is -0.294. The summed E-state index contributed by atoms with van der Waals surface area (Å²) in [4.78, 5) is 4.70. The summed E-state index contributed by atoms with van der Waals surface area (Å²) < 4.78 is 14.8. The summed E-state index contributed by atoms with van der Waals surface area (Å²) in [7, 11) is 0. The first-order valence-electron chi connectivity index (χ1n) is 6.65. The first kappa shape index (κ1) is 12.9. The maximum absolute atomic E-state index is 14.3. The molecule has 4 heteroatoms. The van der Waals surface area contributed by atoms with Crippen molar-refractivity contribution in [2.75, 3.05) is 5.73 Å². The average molecular weight is 323 g/mol. The van der Waals surface area contributed by atoms with Crippen LogP contribution in [0, 0.1) is 12.7 Å². The van der Waals surface area contributed by atoms with Crippen LogP contribution in [0.2, 0.25) is 0 Å². The smallest absolute Gasteiger partial charge is 0.148 e. The van der Waals surface area contributed by atoms with Crippen LogP contribution in [0.15, 0.2) is 10.5 Å². The molecule has 0 bridgehead atoms. The molecule has 2 nitrogen and oxygen atoms in total. The van der Waals surface area contributed by atoms with Gasteiger partial charge in [-0.2, -0.15) is 0 Å². The molecule has 0 aliphatic heterocycles. The predicted molar refractivity (Wildman–Crippen MR) is 79.8 cm³/mol. The highest BCUT2D eigenvalue weighted by molar-refractivity contribution is 9.10. The molecule has 19 heavy (non-hydrogen) atoms. The van der Waals surface area contributed by atoms with E-state index in [1.54, 1.807) is 6.07 Å². The van der Waals surface area contributed by atoms with Crippen LogP contribution in [0.5, 0.6) is 0 Å². The Morgan fingerprint density at radius 3 is 2.79 bits per heavy atom. The van der Waals surface area contributed by atoms with E-state index in [1.165, 1.54) is 6.42 Å². The van der Waals surface area contributed by atoms with E-state index >= 15 is 0 Å². The van der Waals surface area contributed by atoms with E-state index < -0.39 is 0 Å². The van der Waals surface area contributed by atoms with Crippen molar-refractivity contribution in [3.8, 4) is 0 Å². The van der Waals surface area contributed by atoms with E-state index in [0.29, 0.717) is 21.1 Å². The predicted octanol–water partition coefficient (Wildman–Crippen LogP) is 4.30. The summed E-state index contributed by atoms with van der Waals surface area (Å²) in [5.74, 6) is -0.294. The Hall–Kier alpha value is -1.16. The van der Waals surface area contributed by atoms with Crippen molar-refractivity contribution in [1.29, 1.82) is 0 Å². The number of hydrogen-bond donors (Lipinski definition) is 1. The highest BCUT2D eigenvalue weighted by Gasteiger charge is 2.20. The summed E-state index contributed by atoms with van der Waals surface area (Å²) in [5.41, 5.74) is 10.6. The van der Waals surface area contributed by atoms with E-state index in [2.05, 4.69) is 15.9 Å². The van der Waals surface area contributed by atoms with Gasteiger partial charge in [0.2, 0.25) is 0 Å². The number of halogens is 2. The molecule has 1 aliphatic carbocycles. The van der Waals surface area contributed by atoms with Crippen LogP contribution in [0.4, 0.5) is 10.1 Å². The summed E-state index contributed by atoms with van der Waals surface area (Å²) in [5, 5.41) is 0.479. The van der Waals surface area contributed by atoms with Gasteiger partial charge in [-0.15, -0.1) is 0 Å². The molecule has 1 heterocycles. The largest absolute Gasteiger partial charge is 0.398 e. The van der Waals surface area contributed by atoms with Crippen LogP contribution >= 0.6 is 15.9 Å². The highest BCUT2D eigenvalue weighted by atomic mass is 79.9. The number of pyridine rings is 1. The Morgan fingerprint density at radius 1 is 1.26 bits per heavy atom. The summed E-state index contributed by atoms with van der Waals surface area (Å²) >= 11 is 3.25. The Balaban J connectivity index is 2.41. The minimum absolute atomic E-state index is 0.294. The molecule has 0 radical (unpaired) electrons. The van der Waals surface area contributed by atoms with Crippen molar-refractivity contribution < 1.29 is 4.39 Å².